The fraction of sp³-hybridized carbons (Fsp3) is 0.444. The van der Waals surface area contributed by atoms with Crippen molar-refractivity contribution in [2.24, 2.45) is 20.0 Å². The average molecular weight is 375 g/mol. The third-order valence-corrected chi connectivity index (χ3v) is 4.76. The van der Waals surface area contributed by atoms with Gasteiger partial charge in [-0.2, -0.15) is 0 Å². The Morgan fingerprint density at radius 1 is 1.26 bits per heavy atom. The Bertz CT molecular complexity index is 956. The van der Waals surface area contributed by atoms with Crippen molar-refractivity contribution in [1.82, 2.24) is 14.0 Å². The van der Waals surface area contributed by atoms with Gasteiger partial charge >= 0.3 is 11.7 Å². The summed E-state index contributed by atoms with van der Waals surface area (Å²) in [6, 6.07) is 4.49. The van der Waals surface area contributed by atoms with Gasteiger partial charge in [-0.3, -0.25) is 23.5 Å². The number of amides is 1. The van der Waals surface area contributed by atoms with Crippen molar-refractivity contribution in [3.05, 3.63) is 56.8 Å². The Morgan fingerprint density at radius 3 is 2.74 bits per heavy atom. The van der Waals surface area contributed by atoms with Crippen LogP contribution < -0.4 is 11.2 Å². The molecule has 0 saturated carbocycles. The number of likely N-dealkylation sites (tertiary alicyclic amines) is 1. The van der Waals surface area contributed by atoms with Crippen LogP contribution in [-0.2, 0) is 30.2 Å². The molecule has 9 heteroatoms. The fourth-order valence-electron chi connectivity index (χ4n) is 3.09. The number of ether oxygens (including phenoxy) is 1. The molecular formula is C18H21N3O6. The lowest BCUT2D eigenvalue weighted by Crippen LogP contribution is -2.43. The zero-order valence-corrected chi connectivity index (χ0v) is 15.2. The highest BCUT2D eigenvalue weighted by atomic mass is 16.5. The van der Waals surface area contributed by atoms with E-state index in [1.54, 1.807) is 17.0 Å². The molecule has 1 amide bonds. The van der Waals surface area contributed by atoms with E-state index in [4.69, 9.17) is 9.15 Å². The minimum Gasteiger partial charge on any atom is -0.459 e. The van der Waals surface area contributed by atoms with Crippen molar-refractivity contribution in [3.63, 3.8) is 0 Å². The third-order valence-electron chi connectivity index (χ3n) is 4.76. The maximum absolute atomic E-state index is 12.4. The van der Waals surface area contributed by atoms with Crippen LogP contribution in [-0.4, -0.2) is 39.0 Å². The first-order valence-electron chi connectivity index (χ1n) is 8.64. The van der Waals surface area contributed by atoms with Gasteiger partial charge in [0.05, 0.1) is 17.9 Å². The molecule has 0 radical (unpaired) electrons. The topological polar surface area (TPSA) is 104 Å². The summed E-state index contributed by atoms with van der Waals surface area (Å²) in [6.07, 6.45) is 2.71. The molecule has 2 aromatic rings. The van der Waals surface area contributed by atoms with Crippen LogP contribution in [0.4, 0.5) is 0 Å². The molecule has 1 aliphatic rings. The van der Waals surface area contributed by atoms with Gasteiger partial charge < -0.3 is 14.1 Å². The molecule has 0 aromatic carbocycles. The largest absolute Gasteiger partial charge is 0.459 e. The van der Waals surface area contributed by atoms with Crippen LogP contribution in [0.25, 0.3) is 0 Å². The molecule has 3 rings (SSSR count). The van der Waals surface area contributed by atoms with Crippen LogP contribution in [0.15, 0.2) is 38.5 Å². The molecule has 0 aliphatic carbocycles. The minimum atomic E-state index is -0.485. The van der Waals surface area contributed by atoms with Gasteiger partial charge in [-0.1, -0.05) is 0 Å². The number of aromatic nitrogens is 2. The predicted molar refractivity (Wildman–Crippen MR) is 94.1 cm³/mol. The van der Waals surface area contributed by atoms with Crippen LogP contribution in [0.5, 0.6) is 0 Å². The summed E-state index contributed by atoms with van der Waals surface area (Å²) in [5, 5.41) is 0. The molecule has 0 N–H and O–H groups in total. The van der Waals surface area contributed by atoms with E-state index in [2.05, 4.69) is 0 Å². The molecule has 2 aromatic heterocycles. The molecular weight excluding hydrogens is 354 g/mol. The van der Waals surface area contributed by atoms with Gasteiger partial charge in [0.25, 0.3) is 11.5 Å². The Morgan fingerprint density at radius 2 is 2.04 bits per heavy atom. The normalized spacial score (nSPS) is 17.0. The highest BCUT2D eigenvalue weighted by Crippen LogP contribution is 2.20. The summed E-state index contributed by atoms with van der Waals surface area (Å²) in [4.78, 5) is 50.0. The monoisotopic (exact) mass is 375 g/mol. The van der Waals surface area contributed by atoms with Gasteiger partial charge in [0, 0.05) is 33.3 Å². The van der Waals surface area contributed by atoms with Crippen LogP contribution in [0.3, 0.4) is 0 Å². The summed E-state index contributed by atoms with van der Waals surface area (Å²) in [5.74, 6) is -0.938. The summed E-state index contributed by atoms with van der Waals surface area (Å²) in [5.41, 5.74) is -0.630. The second-order valence-corrected chi connectivity index (χ2v) is 6.55. The van der Waals surface area contributed by atoms with E-state index in [1.165, 1.54) is 31.0 Å². The zero-order chi connectivity index (χ0) is 19.6. The molecule has 1 atom stereocenters. The first-order chi connectivity index (χ1) is 12.9. The quantitative estimate of drug-likeness (QED) is 0.711. The lowest BCUT2D eigenvalue weighted by Gasteiger charge is -2.31. The van der Waals surface area contributed by atoms with Crippen LogP contribution in [0.2, 0.25) is 0 Å². The Balaban J connectivity index is 1.64. The average Bonchev–Trinajstić information content (AvgIpc) is 3.22. The molecule has 0 bridgehead atoms. The van der Waals surface area contributed by atoms with Crippen molar-refractivity contribution in [3.8, 4) is 0 Å². The molecule has 1 saturated heterocycles. The second kappa shape index (κ2) is 7.65. The Hall–Kier alpha value is -3.10. The molecule has 9 nitrogen and oxygen atoms in total. The number of furan rings is 1. The van der Waals surface area contributed by atoms with E-state index in [0.29, 0.717) is 25.1 Å². The maximum atomic E-state index is 12.4. The van der Waals surface area contributed by atoms with Crippen molar-refractivity contribution in [2.75, 3.05) is 13.1 Å². The Kier molecular flexibility index (Phi) is 5.29. The van der Waals surface area contributed by atoms with Crippen LogP contribution >= 0.6 is 0 Å². The minimum absolute atomic E-state index is 0.177. The van der Waals surface area contributed by atoms with Crippen molar-refractivity contribution in [2.45, 2.75) is 19.4 Å². The summed E-state index contributed by atoms with van der Waals surface area (Å²) >= 11 is 0. The molecule has 0 unspecified atom stereocenters. The first-order valence-corrected chi connectivity index (χ1v) is 8.64. The zero-order valence-electron chi connectivity index (χ0n) is 15.2. The smallest absolute Gasteiger partial charge is 0.330 e. The van der Waals surface area contributed by atoms with Crippen LogP contribution in [0.1, 0.15) is 29.1 Å². The van der Waals surface area contributed by atoms with Gasteiger partial charge in [0.1, 0.15) is 6.61 Å². The number of hydrogen-bond acceptors (Lipinski definition) is 6. The van der Waals surface area contributed by atoms with Gasteiger partial charge in [-0.25, -0.2) is 4.79 Å². The highest BCUT2D eigenvalue weighted by Gasteiger charge is 2.31. The molecule has 1 aliphatic heterocycles. The van der Waals surface area contributed by atoms with E-state index in [9.17, 15) is 19.2 Å². The van der Waals surface area contributed by atoms with Gasteiger partial charge in [-0.15, -0.1) is 0 Å². The lowest BCUT2D eigenvalue weighted by atomic mass is 9.98. The number of esters is 1. The maximum Gasteiger partial charge on any atom is 0.330 e. The Labute approximate surface area is 154 Å². The third kappa shape index (κ3) is 3.86. The summed E-state index contributed by atoms with van der Waals surface area (Å²) in [7, 11) is 2.89. The van der Waals surface area contributed by atoms with E-state index in [0.717, 1.165) is 4.57 Å². The van der Waals surface area contributed by atoms with Crippen LogP contribution in [0, 0.1) is 5.92 Å². The number of hydrogen-bond donors (Lipinski definition) is 0. The number of nitrogens with zero attached hydrogens (tertiary/aromatic N) is 3. The first kappa shape index (κ1) is 18.7. The number of rotatable bonds is 4. The highest BCUT2D eigenvalue weighted by molar-refractivity contribution is 5.91. The van der Waals surface area contributed by atoms with Gasteiger partial charge in [0.2, 0.25) is 0 Å². The summed E-state index contributed by atoms with van der Waals surface area (Å²) < 4.78 is 12.7. The van der Waals surface area contributed by atoms with Crippen molar-refractivity contribution >= 4 is 11.9 Å². The van der Waals surface area contributed by atoms with Gasteiger partial charge in [0.15, 0.2) is 5.76 Å². The molecule has 144 valence electrons. The van der Waals surface area contributed by atoms with E-state index in [-0.39, 0.29) is 24.8 Å². The standard InChI is InChI=1S/C18H21N3O6/c1-19-13(9-15(22)20(2)18(19)25)11-27-17(24)12-5-3-7-21(10-12)16(23)14-6-4-8-26-14/h4,6,8-9,12H,3,5,7,10-11H2,1-2H3/t12-/m0/s1. The fourth-order valence-corrected chi connectivity index (χ4v) is 3.09. The lowest BCUT2D eigenvalue weighted by molar-refractivity contribution is -0.151. The summed E-state index contributed by atoms with van der Waals surface area (Å²) in [6.45, 7) is 0.615. The number of piperidine rings is 1. The van der Waals surface area contributed by atoms with Crippen molar-refractivity contribution < 1.29 is 18.7 Å². The predicted octanol–water partition coefficient (Wildman–Crippen LogP) is 0.273. The van der Waals surface area contributed by atoms with E-state index >= 15 is 0 Å². The SMILES string of the molecule is Cn1c(COC(=O)[C@H]2CCCN(C(=O)c3ccco3)C2)cc(=O)n(C)c1=O. The molecule has 3 heterocycles. The van der Waals surface area contributed by atoms with E-state index < -0.39 is 23.1 Å². The second-order valence-electron chi connectivity index (χ2n) is 6.55. The van der Waals surface area contributed by atoms with E-state index in [1.807, 2.05) is 0 Å². The molecule has 1 fully saturated rings. The number of carbonyl (C=O) groups excluding carboxylic acids is 2. The van der Waals surface area contributed by atoms with Gasteiger partial charge in [-0.05, 0) is 25.0 Å². The number of carbonyl (C=O) groups is 2. The molecule has 27 heavy (non-hydrogen) atoms. The van der Waals surface area contributed by atoms with Crippen molar-refractivity contribution in [1.29, 1.82) is 0 Å². The molecule has 0 spiro atoms.